The van der Waals surface area contributed by atoms with Crippen molar-refractivity contribution in [1.82, 2.24) is 15.2 Å². The van der Waals surface area contributed by atoms with Gasteiger partial charge in [-0.3, -0.25) is 9.59 Å². The summed E-state index contributed by atoms with van der Waals surface area (Å²) in [5.41, 5.74) is 7.12. The van der Waals surface area contributed by atoms with Crippen molar-refractivity contribution >= 4 is 22.9 Å². The Kier molecular flexibility index (Phi) is 8.55. The Labute approximate surface area is 224 Å². The molecule has 0 saturated heterocycles. The number of hydrogen-bond acceptors (Lipinski definition) is 5. The number of H-pyrrole nitrogens is 1. The van der Waals surface area contributed by atoms with Crippen molar-refractivity contribution in [3.8, 4) is 11.1 Å². The zero-order chi connectivity index (χ0) is 26.7. The molecule has 0 unspecified atom stereocenters. The van der Waals surface area contributed by atoms with E-state index >= 15 is 0 Å². The number of carbonyl (C=O) groups is 1. The lowest BCUT2D eigenvalue weighted by Gasteiger charge is -2.40. The molecule has 2 aromatic heterocycles. The minimum Gasteiger partial charge on any atom is -0.369 e. The fraction of sp³-hybridized carbons (Fsp3) is 0.467. The number of anilines is 1. The highest BCUT2D eigenvalue weighted by atomic mass is 32.1. The summed E-state index contributed by atoms with van der Waals surface area (Å²) in [6.07, 6.45) is 4.68. The highest BCUT2D eigenvalue weighted by Crippen LogP contribution is 2.36. The molecule has 1 aliphatic rings. The van der Waals surface area contributed by atoms with Gasteiger partial charge in [0.1, 0.15) is 0 Å². The Hall–Kier alpha value is -2.90. The molecule has 1 fully saturated rings. The standard InChI is InChI=1S/C30H40N4O2S/c1-7-34(25-10-8-24(9-11-25)33(5)6)28-16-23(22-12-13-37-18-22)15-26(21(28)4)29(35)31-17-27-19(2)14-20(3)32-30(27)36/h12-16,18,24-25H,7-11,17H2,1-6H3,(H,31,35)(H,32,36). The van der Waals surface area contributed by atoms with E-state index in [4.69, 9.17) is 0 Å². The molecule has 0 atom stereocenters. The molecule has 0 bridgehead atoms. The largest absolute Gasteiger partial charge is 0.369 e. The van der Waals surface area contributed by atoms with Crippen LogP contribution in [0.4, 0.5) is 5.69 Å². The number of amides is 1. The number of aromatic nitrogens is 1. The topological polar surface area (TPSA) is 68.4 Å². The van der Waals surface area contributed by atoms with Crippen LogP contribution in [-0.2, 0) is 6.54 Å². The van der Waals surface area contributed by atoms with Crippen LogP contribution < -0.4 is 15.8 Å². The summed E-state index contributed by atoms with van der Waals surface area (Å²) in [6, 6.07) is 9.40. The van der Waals surface area contributed by atoms with Crippen molar-refractivity contribution < 1.29 is 4.79 Å². The van der Waals surface area contributed by atoms with Crippen LogP contribution in [0.3, 0.4) is 0 Å². The zero-order valence-electron chi connectivity index (χ0n) is 23.0. The number of hydrogen-bond donors (Lipinski definition) is 2. The first-order valence-electron chi connectivity index (χ1n) is 13.3. The second-order valence-electron chi connectivity index (χ2n) is 10.5. The third-order valence-electron chi connectivity index (χ3n) is 7.89. The van der Waals surface area contributed by atoms with Crippen LogP contribution in [0.1, 0.15) is 65.3 Å². The van der Waals surface area contributed by atoms with E-state index in [2.05, 4.69) is 70.9 Å². The quantitative estimate of drug-likeness (QED) is 0.402. The monoisotopic (exact) mass is 520 g/mol. The highest BCUT2D eigenvalue weighted by Gasteiger charge is 2.28. The number of aromatic amines is 1. The first kappa shape index (κ1) is 27.1. The summed E-state index contributed by atoms with van der Waals surface area (Å²) >= 11 is 1.66. The lowest BCUT2D eigenvalue weighted by atomic mass is 9.88. The van der Waals surface area contributed by atoms with E-state index in [0.29, 0.717) is 23.2 Å². The molecule has 0 spiro atoms. The van der Waals surface area contributed by atoms with Crippen LogP contribution in [0.15, 0.2) is 39.8 Å². The van der Waals surface area contributed by atoms with Crippen molar-refractivity contribution in [1.29, 1.82) is 0 Å². The molecular formula is C30H40N4O2S. The van der Waals surface area contributed by atoms with Gasteiger partial charge in [-0.25, -0.2) is 0 Å². The Morgan fingerprint density at radius 2 is 1.76 bits per heavy atom. The van der Waals surface area contributed by atoms with E-state index in [1.807, 2.05) is 26.0 Å². The average molecular weight is 521 g/mol. The van der Waals surface area contributed by atoms with Gasteiger partial charge in [0.2, 0.25) is 0 Å². The number of pyridine rings is 1. The van der Waals surface area contributed by atoms with Gasteiger partial charge in [-0.15, -0.1) is 0 Å². The molecule has 4 rings (SSSR count). The number of rotatable bonds is 8. The van der Waals surface area contributed by atoms with Crippen molar-refractivity contribution in [2.75, 3.05) is 25.5 Å². The Morgan fingerprint density at radius 1 is 1.05 bits per heavy atom. The molecule has 2 heterocycles. The minimum atomic E-state index is -0.150. The maximum Gasteiger partial charge on any atom is 0.253 e. The van der Waals surface area contributed by atoms with E-state index in [9.17, 15) is 9.59 Å². The van der Waals surface area contributed by atoms with E-state index < -0.39 is 0 Å². The Bertz CT molecular complexity index is 1290. The van der Waals surface area contributed by atoms with Gasteiger partial charge < -0.3 is 20.1 Å². The third-order valence-corrected chi connectivity index (χ3v) is 8.57. The summed E-state index contributed by atoms with van der Waals surface area (Å²) in [4.78, 5) is 33.7. The molecule has 3 aromatic rings. The van der Waals surface area contributed by atoms with E-state index in [0.717, 1.165) is 53.0 Å². The molecule has 1 amide bonds. The van der Waals surface area contributed by atoms with Crippen LogP contribution >= 0.6 is 11.3 Å². The number of benzene rings is 1. The molecule has 1 aromatic carbocycles. The first-order chi connectivity index (χ1) is 17.7. The maximum atomic E-state index is 13.6. The minimum absolute atomic E-state index is 0.146. The first-order valence-corrected chi connectivity index (χ1v) is 14.2. The second-order valence-corrected chi connectivity index (χ2v) is 11.3. The summed E-state index contributed by atoms with van der Waals surface area (Å²) in [6.45, 7) is 9.13. The van der Waals surface area contributed by atoms with Crippen LogP contribution in [0, 0.1) is 20.8 Å². The molecule has 0 aliphatic heterocycles. The predicted octanol–water partition coefficient (Wildman–Crippen LogP) is 5.66. The predicted molar refractivity (Wildman–Crippen MR) is 155 cm³/mol. The molecule has 2 N–H and O–H groups in total. The van der Waals surface area contributed by atoms with Gasteiger partial charge >= 0.3 is 0 Å². The molecule has 37 heavy (non-hydrogen) atoms. The van der Waals surface area contributed by atoms with Crippen LogP contribution in [0.5, 0.6) is 0 Å². The van der Waals surface area contributed by atoms with E-state index in [1.165, 1.54) is 12.8 Å². The maximum absolute atomic E-state index is 13.6. The fourth-order valence-electron chi connectivity index (χ4n) is 5.71. The lowest BCUT2D eigenvalue weighted by molar-refractivity contribution is 0.0950. The van der Waals surface area contributed by atoms with Crippen molar-refractivity contribution in [2.45, 2.75) is 72.0 Å². The van der Waals surface area contributed by atoms with Crippen molar-refractivity contribution in [3.05, 3.63) is 73.3 Å². The van der Waals surface area contributed by atoms with E-state index in [1.54, 1.807) is 11.3 Å². The zero-order valence-corrected chi connectivity index (χ0v) is 23.8. The molecule has 1 aliphatic carbocycles. The lowest BCUT2D eigenvalue weighted by Crippen LogP contribution is -2.42. The molecule has 0 radical (unpaired) electrons. The van der Waals surface area contributed by atoms with Gasteiger partial charge in [0.25, 0.3) is 11.5 Å². The molecule has 198 valence electrons. The van der Waals surface area contributed by atoms with Crippen molar-refractivity contribution in [2.24, 2.45) is 0 Å². The summed E-state index contributed by atoms with van der Waals surface area (Å²) in [5.74, 6) is -0.150. The van der Waals surface area contributed by atoms with E-state index in [-0.39, 0.29) is 18.0 Å². The van der Waals surface area contributed by atoms with Crippen LogP contribution in [0.25, 0.3) is 11.1 Å². The Morgan fingerprint density at radius 3 is 2.35 bits per heavy atom. The molecule has 6 nitrogen and oxygen atoms in total. The second kappa shape index (κ2) is 11.7. The van der Waals surface area contributed by atoms with Crippen molar-refractivity contribution in [3.63, 3.8) is 0 Å². The SMILES string of the molecule is CCN(c1cc(-c2ccsc2)cc(C(=O)NCc2c(C)cc(C)[nH]c2=O)c1C)C1CCC(N(C)C)CC1. The number of nitrogens with one attached hydrogen (secondary N) is 2. The molecule has 1 saturated carbocycles. The molecular weight excluding hydrogens is 480 g/mol. The number of thiophene rings is 1. The molecule has 7 heteroatoms. The average Bonchev–Trinajstić information content (AvgIpc) is 3.40. The Balaban J connectivity index is 1.66. The van der Waals surface area contributed by atoms with Gasteiger partial charge in [-0.1, -0.05) is 0 Å². The third kappa shape index (κ3) is 5.99. The van der Waals surface area contributed by atoms with Crippen LogP contribution in [-0.4, -0.2) is 48.5 Å². The van der Waals surface area contributed by atoms with Gasteiger partial charge in [0.05, 0.1) is 0 Å². The van der Waals surface area contributed by atoms with Gasteiger partial charge in [0.15, 0.2) is 0 Å². The summed E-state index contributed by atoms with van der Waals surface area (Å²) in [7, 11) is 4.35. The number of aryl methyl sites for hydroxylation is 2. The normalized spacial score (nSPS) is 17.7. The fourth-order valence-corrected chi connectivity index (χ4v) is 6.37. The van der Waals surface area contributed by atoms with Gasteiger partial charge in [-0.05, 0) is 125 Å². The van der Waals surface area contributed by atoms with Gasteiger partial charge in [-0.2, -0.15) is 11.3 Å². The highest BCUT2D eigenvalue weighted by molar-refractivity contribution is 7.08. The summed E-state index contributed by atoms with van der Waals surface area (Å²) < 4.78 is 0. The number of nitrogens with zero attached hydrogens (tertiary/aromatic N) is 2. The summed E-state index contributed by atoms with van der Waals surface area (Å²) in [5, 5.41) is 7.23. The smallest absolute Gasteiger partial charge is 0.253 e. The number of carbonyl (C=O) groups excluding carboxylic acids is 1. The van der Waals surface area contributed by atoms with Gasteiger partial charge in [0, 0.05) is 47.7 Å². The van der Waals surface area contributed by atoms with Crippen LogP contribution in [0.2, 0.25) is 0 Å².